The summed E-state index contributed by atoms with van der Waals surface area (Å²) in [5.41, 5.74) is 1.99. The van der Waals surface area contributed by atoms with Crippen LogP contribution in [0.15, 0.2) is 72.3 Å². The van der Waals surface area contributed by atoms with E-state index in [1.54, 1.807) is 30.3 Å². The van der Waals surface area contributed by atoms with Crippen molar-refractivity contribution >= 4 is 60.6 Å². The highest BCUT2D eigenvalue weighted by Gasteiger charge is 2.33. The molecule has 6 rings (SSSR count). The van der Waals surface area contributed by atoms with Gasteiger partial charge in [0, 0.05) is 16.0 Å². The van der Waals surface area contributed by atoms with Gasteiger partial charge in [-0.15, -0.1) is 22.7 Å². The van der Waals surface area contributed by atoms with Gasteiger partial charge in [0.1, 0.15) is 15.7 Å². The maximum Gasteiger partial charge on any atom is 0.197 e. The number of rotatable bonds is 2. The van der Waals surface area contributed by atoms with Gasteiger partial charge < -0.3 is 0 Å². The molecule has 0 aliphatic heterocycles. The molecule has 0 saturated carbocycles. The summed E-state index contributed by atoms with van der Waals surface area (Å²) in [7, 11) is 0. The molecule has 0 saturated heterocycles. The highest BCUT2D eigenvalue weighted by atomic mass is 32.1. The number of aromatic nitrogens is 1. The van der Waals surface area contributed by atoms with Gasteiger partial charge in [-0.2, -0.15) is 0 Å². The Bertz CT molecular complexity index is 1490. The number of hydrogen-bond acceptors (Lipinski definition) is 5. The fourth-order valence-corrected chi connectivity index (χ4v) is 6.01. The average molecular weight is 442 g/mol. The molecule has 1 aliphatic carbocycles. The lowest BCUT2D eigenvalue weighted by atomic mass is 10.0. The standard InChI is InChI=1S/C25H12FNO2S2/c26-16-7-5-13(6-8-16)20-12-21-25(31-20)27-22(30-21)11-19-23(28)17-9-14-3-1-2-4-15(14)10-18(17)24(19)29/h1-12H. The van der Waals surface area contributed by atoms with Crippen molar-refractivity contribution in [3.05, 3.63) is 94.3 Å². The van der Waals surface area contributed by atoms with Gasteiger partial charge in [-0.1, -0.05) is 36.4 Å². The van der Waals surface area contributed by atoms with Crippen LogP contribution in [0.4, 0.5) is 4.39 Å². The first-order valence-electron chi connectivity index (χ1n) is 9.57. The average Bonchev–Trinajstić information content (AvgIpc) is 3.40. The normalized spacial score (nSPS) is 13.4. The van der Waals surface area contributed by atoms with Gasteiger partial charge in [-0.25, -0.2) is 9.37 Å². The maximum absolute atomic E-state index is 13.2. The van der Waals surface area contributed by atoms with E-state index in [1.165, 1.54) is 34.8 Å². The molecule has 6 heteroatoms. The molecule has 0 N–H and O–H groups in total. The van der Waals surface area contributed by atoms with Crippen molar-refractivity contribution in [2.75, 3.05) is 0 Å². The van der Waals surface area contributed by atoms with E-state index in [9.17, 15) is 14.0 Å². The fourth-order valence-electron chi connectivity index (χ4n) is 3.83. The lowest BCUT2D eigenvalue weighted by Crippen LogP contribution is -1.99. The predicted molar refractivity (Wildman–Crippen MR) is 123 cm³/mol. The van der Waals surface area contributed by atoms with Crippen LogP contribution in [-0.2, 0) is 0 Å². The van der Waals surface area contributed by atoms with Crippen LogP contribution in [0.25, 0.3) is 36.8 Å². The van der Waals surface area contributed by atoms with E-state index < -0.39 is 0 Å². The van der Waals surface area contributed by atoms with E-state index in [0.717, 1.165) is 30.7 Å². The summed E-state index contributed by atoms with van der Waals surface area (Å²) >= 11 is 2.94. The first kappa shape index (κ1) is 18.3. The van der Waals surface area contributed by atoms with Crippen LogP contribution in [-0.4, -0.2) is 16.6 Å². The van der Waals surface area contributed by atoms with E-state index in [1.807, 2.05) is 30.3 Å². The van der Waals surface area contributed by atoms with E-state index in [2.05, 4.69) is 4.98 Å². The molecule has 0 radical (unpaired) electrons. The molecule has 0 bridgehead atoms. The topological polar surface area (TPSA) is 47.0 Å². The summed E-state index contributed by atoms with van der Waals surface area (Å²) in [5.74, 6) is -0.776. The Morgan fingerprint density at radius 2 is 1.45 bits per heavy atom. The Morgan fingerprint density at radius 3 is 2.06 bits per heavy atom. The van der Waals surface area contributed by atoms with Crippen LogP contribution in [0.1, 0.15) is 25.7 Å². The Kier molecular flexibility index (Phi) is 4.00. The number of nitrogens with zero attached hydrogens (tertiary/aromatic N) is 1. The molecule has 2 heterocycles. The van der Waals surface area contributed by atoms with Crippen molar-refractivity contribution in [2.24, 2.45) is 0 Å². The SMILES string of the molecule is O=C1C(=Cc2nc3sc(-c4ccc(F)cc4)cc3s2)C(=O)c2cc3ccccc3cc21. The summed E-state index contributed by atoms with van der Waals surface area (Å²) in [6, 6.07) is 19.6. The minimum absolute atomic E-state index is 0.158. The van der Waals surface area contributed by atoms with Gasteiger partial charge in [0.15, 0.2) is 11.6 Å². The number of benzene rings is 3. The highest BCUT2D eigenvalue weighted by molar-refractivity contribution is 7.29. The van der Waals surface area contributed by atoms with Gasteiger partial charge in [-0.05, 0) is 52.7 Å². The summed E-state index contributed by atoms with van der Waals surface area (Å²) in [5, 5.41) is 2.50. The number of allylic oxidation sites excluding steroid dienone is 1. The minimum atomic E-state index is -0.269. The second-order valence-electron chi connectivity index (χ2n) is 7.30. The summed E-state index contributed by atoms with van der Waals surface area (Å²) in [6.07, 6.45) is 1.60. The third-order valence-corrected chi connectivity index (χ3v) is 7.52. The number of carbonyl (C=O) groups excluding carboxylic acids is 2. The van der Waals surface area contributed by atoms with Crippen LogP contribution in [0, 0.1) is 5.82 Å². The molecule has 0 atom stereocenters. The van der Waals surface area contributed by atoms with Crippen molar-refractivity contribution in [1.29, 1.82) is 0 Å². The van der Waals surface area contributed by atoms with Gasteiger partial charge in [0.2, 0.25) is 0 Å². The lowest BCUT2D eigenvalue weighted by molar-refractivity contribution is 0.0990. The van der Waals surface area contributed by atoms with Gasteiger partial charge in [0.05, 0.1) is 10.3 Å². The summed E-state index contributed by atoms with van der Waals surface area (Å²) in [6.45, 7) is 0. The molecule has 3 nitrogen and oxygen atoms in total. The number of halogens is 1. The maximum atomic E-state index is 13.2. The molecule has 5 aromatic rings. The van der Waals surface area contributed by atoms with Crippen molar-refractivity contribution in [3.8, 4) is 10.4 Å². The van der Waals surface area contributed by atoms with Crippen molar-refractivity contribution in [3.63, 3.8) is 0 Å². The number of thiazole rings is 1. The molecular formula is C25H12FNO2S2. The molecule has 0 fully saturated rings. The second-order valence-corrected chi connectivity index (χ2v) is 9.39. The Balaban J connectivity index is 1.38. The molecular weight excluding hydrogens is 429 g/mol. The molecule has 148 valence electrons. The molecule has 0 spiro atoms. The molecule has 0 amide bonds. The first-order chi connectivity index (χ1) is 15.1. The van der Waals surface area contributed by atoms with Crippen LogP contribution >= 0.6 is 22.7 Å². The van der Waals surface area contributed by atoms with E-state index >= 15 is 0 Å². The number of fused-ring (bicyclic) bond motifs is 3. The Morgan fingerprint density at radius 1 is 0.806 bits per heavy atom. The first-order valence-corrected chi connectivity index (χ1v) is 11.2. The van der Waals surface area contributed by atoms with Crippen LogP contribution in [0.3, 0.4) is 0 Å². The number of Topliss-reactive ketones (excluding diaryl/α,β-unsaturated/α-hetero) is 2. The second kappa shape index (κ2) is 6.77. The van der Waals surface area contributed by atoms with E-state index in [0.29, 0.717) is 16.1 Å². The van der Waals surface area contributed by atoms with Crippen LogP contribution in [0.2, 0.25) is 0 Å². The molecule has 1 aliphatic rings. The monoisotopic (exact) mass is 441 g/mol. The van der Waals surface area contributed by atoms with Crippen molar-refractivity contribution < 1.29 is 14.0 Å². The van der Waals surface area contributed by atoms with E-state index in [4.69, 9.17) is 0 Å². The van der Waals surface area contributed by atoms with Crippen molar-refractivity contribution in [1.82, 2.24) is 4.98 Å². The van der Waals surface area contributed by atoms with Gasteiger partial charge in [0.25, 0.3) is 0 Å². The van der Waals surface area contributed by atoms with Crippen molar-refractivity contribution in [2.45, 2.75) is 0 Å². The number of hydrogen-bond donors (Lipinski definition) is 0. The molecule has 3 aromatic carbocycles. The van der Waals surface area contributed by atoms with E-state index in [-0.39, 0.29) is 23.0 Å². The van der Waals surface area contributed by atoms with Crippen LogP contribution in [0.5, 0.6) is 0 Å². The molecule has 0 unspecified atom stereocenters. The number of carbonyl (C=O) groups is 2. The summed E-state index contributed by atoms with van der Waals surface area (Å²) in [4.78, 5) is 32.3. The Hall–Kier alpha value is -3.48. The largest absolute Gasteiger partial charge is 0.288 e. The highest BCUT2D eigenvalue weighted by Crippen LogP contribution is 2.38. The smallest absolute Gasteiger partial charge is 0.197 e. The van der Waals surface area contributed by atoms with Gasteiger partial charge in [-0.3, -0.25) is 9.59 Å². The predicted octanol–water partition coefficient (Wildman–Crippen LogP) is 6.78. The minimum Gasteiger partial charge on any atom is -0.288 e. The molecule has 31 heavy (non-hydrogen) atoms. The van der Waals surface area contributed by atoms with Gasteiger partial charge >= 0.3 is 0 Å². The zero-order valence-electron chi connectivity index (χ0n) is 15.9. The number of ketones is 2. The fraction of sp³-hybridized carbons (Fsp3) is 0. The third kappa shape index (κ3) is 2.95. The zero-order valence-corrected chi connectivity index (χ0v) is 17.5. The zero-order chi connectivity index (χ0) is 21.1. The number of thiophene rings is 1. The lowest BCUT2D eigenvalue weighted by Gasteiger charge is -2.00. The summed E-state index contributed by atoms with van der Waals surface area (Å²) < 4.78 is 14.1. The quantitative estimate of drug-likeness (QED) is 0.224. The van der Waals surface area contributed by atoms with Crippen LogP contribution < -0.4 is 0 Å². The third-order valence-electron chi connectivity index (χ3n) is 5.37. The Labute approximate surface area is 184 Å². The molecule has 2 aromatic heterocycles.